The quantitative estimate of drug-likeness (QED) is 0.575. The molecule has 1 amide bonds. The van der Waals surface area contributed by atoms with Crippen LogP contribution in [0.2, 0.25) is 0 Å². The van der Waals surface area contributed by atoms with Gasteiger partial charge in [0, 0.05) is 13.1 Å². The summed E-state index contributed by atoms with van der Waals surface area (Å²) in [7, 11) is 0. The van der Waals surface area contributed by atoms with Gasteiger partial charge in [0.05, 0.1) is 24.8 Å². The molecule has 1 atom stereocenters. The minimum absolute atomic E-state index is 0.0372. The Kier molecular flexibility index (Phi) is 8.07. The van der Waals surface area contributed by atoms with Crippen LogP contribution in [0.1, 0.15) is 49.9 Å². The third kappa shape index (κ3) is 6.58. The molecule has 2 aromatic rings. The largest absolute Gasteiger partial charge is 0.493 e. The van der Waals surface area contributed by atoms with Crippen LogP contribution in [0, 0.1) is 11.7 Å². The lowest BCUT2D eigenvalue weighted by atomic mass is 9.97. The van der Waals surface area contributed by atoms with Crippen molar-refractivity contribution in [2.24, 2.45) is 5.92 Å². The fourth-order valence-corrected chi connectivity index (χ4v) is 5.12. The number of likely N-dealkylation sites (tertiary alicyclic amines) is 2. The third-order valence-electron chi connectivity index (χ3n) is 7.03. The second-order valence-electron chi connectivity index (χ2n) is 10.4. The van der Waals surface area contributed by atoms with Crippen molar-refractivity contribution in [3.63, 3.8) is 0 Å². The molecule has 0 aromatic heterocycles. The fourth-order valence-electron chi connectivity index (χ4n) is 5.12. The number of halogens is 2. The average Bonchev–Trinajstić information content (AvgIpc) is 3.31. The number of carbonyl (C=O) groups is 1. The molecule has 7 heteroatoms. The summed E-state index contributed by atoms with van der Waals surface area (Å²) >= 11 is 0. The maximum absolute atomic E-state index is 14.8. The molecule has 0 spiro atoms. The molecule has 2 saturated heterocycles. The van der Waals surface area contributed by atoms with Crippen LogP contribution < -0.4 is 4.74 Å². The van der Waals surface area contributed by atoms with Crippen LogP contribution in [0.4, 0.5) is 8.78 Å². The molecule has 2 aliphatic rings. The molecular formula is C28H36F2N2O3. The van der Waals surface area contributed by atoms with Gasteiger partial charge in [-0.05, 0) is 93.9 Å². The van der Waals surface area contributed by atoms with E-state index >= 15 is 0 Å². The van der Waals surface area contributed by atoms with Crippen molar-refractivity contribution in [2.75, 3.05) is 39.4 Å². The Labute approximate surface area is 206 Å². The number of amides is 1. The van der Waals surface area contributed by atoms with Crippen molar-refractivity contribution in [3.8, 4) is 16.9 Å². The van der Waals surface area contributed by atoms with E-state index in [2.05, 4.69) is 4.90 Å². The first kappa shape index (κ1) is 25.6. The Morgan fingerprint density at radius 3 is 2.37 bits per heavy atom. The van der Waals surface area contributed by atoms with Gasteiger partial charge in [-0.3, -0.25) is 4.79 Å². The van der Waals surface area contributed by atoms with E-state index in [1.165, 1.54) is 12.1 Å². The number of nitrogens with zero attached hydrogens (tertiary/aromatic N) is 2. The summed E-state index contributed by atoms with van der Waals surface area (Å²) < 4.78 is 34.7. The molecule has 0 bridgehead atoms. The lowest BCUT2D eigenvalue weighted by molar-refractivity contribution is 0.0673. The summed E-state index contributed by atoms with van der Waals surface area (Å²) in [6.45, 7) is 6.57. The van der Waals surface area contributed by atoms with Crippen molar-refractivity contribution >= 4 is 5.91 Å². The second-order valence-corrected chi connectivity index (χ2v) is 10.4. The monoisotopic (exact) mass is 486 g/mol. The van der Waals surface area contributed by atoms with E-state index in [-0.39, 0.29) is 24.1 Å². The summed E-state index contributed by atoms with van der Waals surface area (Å²) in [5, 5.41) is 9.46. The van der Waals surface area contributed by atoms with E-state index in [9.17, 15) is 18.7 Å². The molecule has 0 unspecified atom stereocenters. The van der Waals surface area contributed by atoms with E-state index in [0.717, 1.165) is 50.1 Å². The predicted molar refractivity (Wildman–Crippen MR) is 133 cm³/mol. The van der Waals surface area contributed by atoms with Crippen molar-refractivity contribution in [1.29, 1.82) is 0 Å². The highest BCUT2D eigenvalue weighted by molar-refractivity contribution is 5.95. The zero-order chi connectivity index (χ0) is 25.0. The van der Waals surface area contributed by atoms with Gasteiger partial charge in [-0.1, -0.05) is 18.2 Å². The number of aliphatic hydroxyl groups excluding tert-OH is 1. The minimum Gasteiger partial charge on any atom is -0.493 e. The van der Waals surface area contributed by atoms with Gasteiger partial charge in [0.15, 0.2) is 0 Å². The smallest absolute Gasteiger partial charge is 0.257 e. The van der Waals surface area contributed by atoms with Crippen molar-refractivity contribution in [1.82, 2.24) is 9.80 Å². The Balaban J connectivity index is 1.31. The van der Waals surface area contributed by atoms with Crippen molar-refractivity contribution in [2.45, 2.75) is 51.2 Å². The summed E-state index contributed by atoms with van der Waals surface area (Å²) in [5.41, 5.74) is 0.400. The molecule has 2 aliphatic heterocycles. The predicted octanol–water partition coefficient (Wildman–Crippen LogP) is 4.93. The molecule has 1 N–H and O–H groups in total. The maximum Gasteiger partial charge on any atom is 0.257 e. The molecule has 2 heterocycles. The SMILES string of the molecule is CC(C)(F)CN1CCC(COc2ccc(-c3ccc(C(=O)N4CCC[C@H]4CO)c(F)c3)cc2)CC1. The molecular weight excluding hydrogens is 450 g/mol. The standard InChI is InChI=1S/C28H36F2N2O3/c1-28(2,30)19-31-14-11-20(12-15-31)18-35-24-8-5-21(6-9-24)22-7-10-25(26(29)16-22)27(34)32-13-3-4-23(32)17-33/h5-10,16,20,23,33H,3-4,11-15,17-19H2,1-2H3/t23-/m0/s1. The number of rotatable bonds is 8. The lowest BCUT2D eigenvalue weighted by Crippen LogP contribution is -2.41. The Bertz CT molecular complexity index is 998. The number of alkyl halides is 1. The van der Waals surface area contributed by atoms with E-state index in [1.54, 1.807) is 24.8 Å². The zero-order valence-corrected chi connectivity index (χ0v) is 20.7. The van der Waals surface area contributed by atoms with Gasteiger partial charge < -0.3 is 19.6 Å². The van der Waals surface area contributed by atoms with Gasteiger partial charge >= 0.3 is 0 Å². The van der Waals surface area contributed by atoms with E-state index in [4.69, 9.17) is 4.74 Å². The number of ether oxygens (including phenoxy) is 1. The molecule has 0 saturated carbocycles. The van der Waals surface area contributed by atoms with Crippen LogP contribution in [0.3, 0.4) is 0 Å². The summed E-state index contributed by atoms with van der Waals surface area (Å²) in [5.74, 6) is 0.291. The van der Waals surface area contributed by atoms with E-state index in [0.29, 0.717) is 31.2 Å². The van der Waals surface area contributed by atoms with Crippen molar-refractivity contribution < 1.29 is 23.4 Å². The van der Waals surface area contributed by atoms with Gasteiger partial charge in [0.2, 0.25) is 0 Å². The van der Waals surface area contributed by atoms with Gasteiger partial charge in [-0.15, -0.1) is 0 Å². The Hall–Kier alpha value is -2.51. The zero-order valence-electron chi connectivity index (χ0n) is 20.7. The fraction of sp³-hybridized carbons (Fsp3) is 0.536. The van der Waals surface area contributed by atoms with E-state index in [1.807, 2.05) is 24.3 Å². The second kappa shape index (κ2) is 11.0. The third-order valence-corrected chi connectivity index (χ3v) is 7.03. The van der Waals surface area contributed by atoms with Crippen LogP contribution in [-0.4, -0.2) is 71.9 Å². The van der Waals surface area contributed by atoms with Gasteiger partial charge in [0.25, 0.3) is 5.91 Å². The maximum atomic E-state index is 14.8. The van der Waals surface area contributed by atoms with Crippen LogP contribution in [0.25, 0.3) is 11.1 Å². The van der Waals surface area contributed by atoms with E-state index < -0.39 is 11.5 Å². The lowest BCUT2D eigenvalue weighted by Gasteiger charge is -2.34. The highest BCUT2D eigenvalue weighted by Crippen LogP contribution is 2.27. The highest BCUT2D eigenvalue weighted by Gasteiger charge is 2.30. The molecule has 190 valence electrons. The molecule has 4 rings (SSSR count). The summed E-state index contributed by atoms with van der Waals surface area (Å²) in [6, 6.07) is 12.0. The number of hydrogen-bond donors (Lipinski definition) is 1. The van der Waals surface area contributed by atoms with Gasteiger partial charge in [-0.2, -0.15) is 0 Å². The number of carbonyl (C=O) groups excluding carboxylic acids is 1. The normalized spacial score (nSPS) is 19.8. The minimum atomic E-state index is -1.17. The van der Waals surface area contributed by atoms with Gasteiger partial charge in [-0.25, -0.2) is 8.78 Å². The number of benzene rings is 2. The number of piperidine rings is 1. The molecule has 2 aromatic carbocycles. The molecule has 0 aliphatic carbocycles. The highest BCUT2D eigenvalue weighted by atomic mass is 19.1. The Morgan fingerprint density at radius 2 is 1.74 bits per heavy atom. The van der Waals surface area contributed by atoms with Crippen LogP contribution in [0.5, 0.6) is 5.75 Å². The number of aliphatic hydroxyl groups is 1. The van der Waals surface area contributed by atoms with Crippen LogP contribution >= 0.6 is 0 Å². The number of hydrogen-bond acceptors (Lipinski definition) is 4. The topological polar surface area (TPSA) is 53.0 Å². The first-order valence-corrected chi connectivity index (χ1v) is 12.6. The molecule has 2 fully saturated rings. The van der Waals surface area contributed by atoms with Crippen molar-refractivity contribution in [3.05, 3.63) is 53.8 Å². The van der Waals surface area contributed by atoms with Crippen LogP contribution in [0.15, 0.2) is 42.5 Å². The molecule has 35 heavy (non-hydrogen) atoms. The van der Waals surface area contributed by atoms with Gasteiger partial charge in [0.1, 0.15) is 17.2 Å². The first-order chi connectivity index (χ1) is 16.7. The van der Waals surface area contributed by atoms with Crippen LogP contribution in [-0.2, 0) is 0 Å². The Morgan fingerprint density at radius 1 is 1.06 bits per heavy atom. The molecule has 5 nitrogen and oxygen atoms in total. The summed E-state index contributed by atoms with van der Waals surface area (Å²) in [6.07, 6.45) is 3.55. The average molecular weight is 487 g/mol. The first-order valence-electron chi connectivity index (χ1n) is 12.6. The molecule has 0 radical (unpaired) electrons. The summed E-state index contributed by atoms with van der Waals surface area (Å²) in [4.78, 5) is 16.5.